The molecule has 0 aliphatic heterocycles. The number of nitrogens with zero attached hydrogens (tertiary/aromatic N) is 7. The Morgan fingerprint density at radius 2 is 1.10 bits per heavy atom. The van der Waals surface area contributed by atoms with E-state index in [4.69, 9.17) is 5.11 Å². The summed E-state index contributed by atoms with van der Waals surface area (Å²) in [5.41, 5.74) is -1.69. The fourth-order valence-electron chi connectivity index (χ4n) is 3.35. The maximum atomic E-state index is 11.5. The molecule has 0 aliphatic carbocycles. The largest absolute Gasteiger partial charge is 0.507 e. The van der Waals surface area contributed by atoms with Crippen LogP contribution in [0.5, 0.6) is 23.0 Å². The smallest absolute Gasteiger partial charge is 0.339 e. The molecule has 248 valence electrons. The number of phenols is 4. The van der Waals surface area contributed by atoms with Crippen LogP contribution in [0.15, 0.2) is 129 Å². The number of carboxylic acids is 1. The lowest BCUT2D eigenvalue weighted by Crippen LogP contribution is -2.00. The van der Waals surface area contributed by atoms with E-state index in [1.807, 2.05) is 0 Å². The van der Waals surface area contributed by atoms with Gasteiger partial charge in [0.25, 0.3) is 15.8 Å². The standard InChI is InChI=1S/C25H17N7O11S.2C2H4/c33-20-6-5-14(7-16(20)25(37)38)28-26-12-1-3-13(4-2-12)27-29-17-10-18(22(35)11-21(17)34)30-31-19-8-15(32(39)40)9-23(24(19)36)44(41,42)43;2*1-2/h1-11,33-36H,(H,37,38)(H,41,42,43);2*1-2H2. The van der Waals surface area contributed by atoms with E-state index in [1.54, 1.807) is 0 Å². The van der Waals surface area contributed by atoms with Gasteiger partial charge in [-0.25, -0.2) is 4.79 Å². The number of hydrogen-bond donors (Lipinski definition) is 6. The van der Waals surface area contributed by atoms with Gasteiger partial charge in [-0.2, -0.15) is 23.8 Å². The molecule has 4 aromatic rings. The summed E-state index contributed by atoms with van der Waals surface area (Å²) in [4.78, 5) is 20.1. The van der Waals surface area contributed by atoms with E-state index in [2.05, 4.69) is 57.0 Å². The molecule has 0 amide bonds. The predicted octanol–water partition coefficient (Wildman–Crippen LogP) is 8.21. The number of non-ortho nitro benzene ring substituents is 1. The van der Waals surface area contributed by atoms with Crippen LogP contribution in [-0.4, -0.2) is 49.4 Å². The number of nitro groups is 1. The van der Waals surface area contributed by atoms with E-state index in [1.165, 1.54) is 36.4 Å². The van der Waals surface area contributed by atoms with Crippen molar-refractivity contribution in [3.8, 4) is 23.0 Å². The third-order valence-corrected chi connectivity index (χ3v) is 6.35. The van der Waals surface area contributed by atoms with Crippen molar-refractivity contribution in [1.82, 2.24) is 0 Å². The molecular weight excluding hydrogens is 654 g/mol. The van der Waals surface area contributed by atoms with Crippen LogP contribution in [0.25, 0.3) is 0 Å². The number of rotatable bonds is 9. The number of aromatic carboxylic acids is 1. The van der Waals surface area contributed by atoms with Crippen LogP contribution in [0, 0.1) is 10.1 Å². The Balaban J connectivity index is 0.00000193. The number of nitro benzene ring substituents is 1. The average Bonchev–Trinajstić information content (AvgIpc) is 3.05. The summed E-state index contributed by atoms with van der Waals surface area (Å²) < 4.78 is 32.3. The van der Waals surface area contributed by atoms with Gasteiger partial charge in [0.15, 0.2) is 5.75 Å². The Morgan fingerprint density at radius 1 is 0.646 bits per heavy atom. The Kier molecular flexibility index (Phi) is 12.8. The van der Waals surface area contributed by atoms with Gasteiger partial charge in [-0.3, -0.25) is 14.7 Å². The van der Waals surface area contributed by atoms with Crippen molar-refractivity contribution < 1.29 is 48.2 Å². The van der Waals surface area contributed by atoms with E-state index in [-0.39, 0.29) is 28.3 Å². The molecule has 0 fully saturated rings. The monoisotopic (exact) mass is 679 g/mol. The molecule has 0 saturated carbocycles. The maximum Gasteiger partial charge on any atom is 0.339 e. The van der Waals surface area contributed by atoms with Crippen molar-refractivity contribution in [2.45, 2.75) is 4.90 Å². The topological polar surface area (TPSA) is 290 Å². The molecule has 0 atom stereocenters. The van der Waals surface area contributed by atoms with Crippen LogP contribution in [0.1, 0.15) is 10.4 Å². The first-order valence-electron chi connectivity index (χ1n) is 12.7. The van der Waals surface area contributed by atoms with E-state index >= 15 is 0 Å². The van der Waals surface area contributed by atoms with E-state index in [0.717, 1.165) is 18.2 Å². The Morgan fingerprint density at radius 3 is 1.60 bits per heavy atom. The van der Waals surface area contributed by atoms with Crippen LogP contribution in [0.4, 0.5) is 39.8 Å². The average molecular weight is 680 g/mol. The molecule has 0 unspecified atom stereocenters. The predicted molar refractivity (Wildman–Crippen MR) is 171 cm³/mol. The van der Waals surface area contributed by atoms with E-state index in [0.29, 0.717) is 17.8 Å². The van der Waals surface area contributed by atoms with Crippen LogP contribution in [-0.2, 0) is 10.1 Å². The van der Waals surface area contributed by atoms with Gasteiger partial charge in [0.05, 0.1) is 22.0 Å². The Labute approximate surface area is 271 Å². The number of benzene rings is 4. The maximum absolute atomic E-state index is 11.5. The molecule has 4 rings (SSSR count). The number of azo groups is 3. The highest BCUT2D eigenvalue weighted by Crippen LogP contribution is 2.42. The second-order valence-electron chi connectivity index (χ2n) is 8.50. The molecule has 0 spiro atoms. The van der Waals surface area contributed by atoms with Crippen molar-refractivity contribution in [3.63, 3.8) is 0 Å². The quantitative estimate of drug-likeness (QED) is 0.0322. The number of carbonyl (C=O) groups is 1. The van der Waals surface area contributed by atoms with Crippen molar-refractivity contribution in [1.29, 1.82) is 0 Å². The van der Waals surface area contributed by atoms with Crippen molar-refractivity contribution in [3.05, 3.63) is 109 Å². The minimum Gasteiger partial charge on any atom is -0.507 e. The second kappa shape index (κ2) is 16.5. The molecule has 0 aliphatic rings. The zero-order chi connectivity index (χ0) is 36.2. The lowest BCUT2D eigenvalue weighted by molar-refractivity contribution is -0.385. The lowest BCUT2D eigenvalue weighted by atomic mass is 10.2. The first kappa shape index (κ1) is 37.3. The molecular formula is C29H25N7O11S. The van der Waals surface area contributed by atoms with Crippen LogP contribution < -0.4 is 0 Å². The molecule has 6 N–H and O–H groups in total. The summed E-state index contributed by atoms with van der Waals surface area (Å²) in [6, 6.07) is 12.6. The fraction of sp³-hybridized carbons (Fsp3) is 0. The Bertz CT molecular complexity index is 2030. The summed E-state index contributed by atoms with van der Waals surface area (Å²) in [5, 5.41) is 83.1. The van der Waals surface area contributed by atoms with Crippen molar-refractivity contribution in [2.75, 3.05) is 0 Å². The number of hydrogen-bond acceptors (Lipinski definition) is 15. The third-order valence-electron chi connectivity index (χ3n) is 5.48. The van der Waals surface area contributed by atoms with Gasteiger partial charge in [0.2, 0.25) is 0 Å². The van der Waals surface area contributed by atoms with Gasteiger partial charge in [-0.1, -0.05) is 0 Å². The van der Waals surface area contributed by atoms with E-state index in [9.17, 15) is 48.3 Å². The van der Waals surface area contributed by atoms with Gasteiger partial charge >= 0.3 is 5.97 Å². The first-order valence-corrected chi connectivity index (χ1v) is 14.1. The molecule has 0 radical (unpaired) electrons. The zero-order valence-corrected chi connectivity index (χ0v) is 25.3. The van der Waals surface area contributed by atoms with Gasteiger partial charge in [0, 0.05) is 24.3 Å². The van der Waals surface area contributed by atoms with Crippen LogP contribution in [0.2, 0.25) is 0 Å². The normalized spacial score (nSPS) is 11.1. The molecule has 19 heteroatoms. The summed E-state index contributed by atoms with van der Waals surface area (Å²) in [7, 11) is -5.08. The summed E-state index contributed by atoms with van der Waals surface area (Å²) in [5.74, 6) is -4.06. The SMILES string of the molecule is C=C.C=C.O=C(O)c1cc(N=Nc2ccc(N=Nc3cc(N=Nc4cc([N+](=O)[O-])cc(S(=O)(=O)O)c4O)c(O)cc3O)cc2)ccc1O. The fourth-order valence-corrected chi connectivity index (χ4v) is 3.97. The molecule has 18 nitrogen and oxygen atoms in total. The van der Waals surface area contributed by atoms with Crippen LogP contribution in [0.3, 0.4) is 0 Å². The molecule has 0 bridgehead atoms. The van der Waals surface area contributed by atoms with Crippen molar-refractivity contribution >= 4 is 55.9 Å². The zero-order valence-electron chi connectivity index (χ0n) is 24.4. The van der Waals surface area contributed by atoms with Gasteiger partial charge in [0.1, 0.15) is 44.8 Å². The Hall–Kier alpha value is -6.86. The summed E-state index contributed by atoms with van der Waals surface area (Å²) >= 11 is 0. The number of carboxylic acid groups (broad SMARTS) is 1. The van der Waals surface area contributed by atoms with Gasteiger partial charge < -0.3 is 25.5 Å². The highest BCUT2D eigenvalue weighted by atomic mass is 32.2. The van der Waals surface area contributed by atoms with Gasteiger partial charge in [-0.05, 0) is 42.5 Å². The first-order chi connectivity index (χ1) is 22.7. The highest BCUT2D eigenvalue weighted by Gasteiger charge is 2.24. The third kappa shape index (κ3) is 9.57. The second-order valence-corrected chi connectivity index (χ2v) is 9.89. The summed E-state index contributed by atoms with van der Waals surface area (Å²) in [6.07, 6.45) is 0. The molecule has 4 aromatic carbocycles. The van der Waals surface area contributed by atoms with Crippen LogP contribution >= 0.6 is 0 Å². The summed E-state index contributed by atoms with van der Waals surface area (Å²) in [6.45, 7) is 12.0. The molecule has 0 heterocycles. The molecule has 0 saturated heterocycles. The number of phenolic OH excluding ortho intramolecular Hbond substituents is 3. The van der Waals surface area contributed by atoms with Gasteiger partial charge in [-0.15, -0.1) is 41.7 Å². The van der Waals surface area contributed by atoms with E-state index < -0.39 is 60.3 Å². The number of aromatic hydroxyl groups is 4. The van der Waals surface area contributed by atoms with Crippen molar-refractivity contribution in [2.24, 2.45) is 30.7 Å². The minimum atomic E-state index is -5.08. The minimum absolute atomic E-state index is 0.180. The highest BCUT2D eigenvalue weighted by molar-refractivity contribution is 7.86. The molecule has 0 aromatic heterocycles. The molecule has 48 heavy (non-hydrogen) atoms. The lowest BCUT2D eigenvalue weighted by Gasteiger charge is -2.05.